The van der Waals surface area contributed by atoms with Crippen LogP contribution in [0.1, 0.15) is 39.5 Å². The van der Waals surface area contributed by atoms with E-state index in [2.05, 4.69) is 13.5 Å². The van der Waals surface area contributed by atoms with E-state index in [1.807, 2.05) is 6.92 Å². The van der Waals surface area contributed by atoms with E-state index in [4.69, 9.17) is 9.47 Å². The van der Waals surface area contributed by atoms with Crippen molar-refractivity contribution in [1.82, 2.24) is 0 Å². The third kappa shape index (κ3) is 0.993. The van der Waals surface area contributed by atoms with Gasteiger partial charge in [-0.2, -0.15) is 0 Å². The highest BCUT2D eigenvalue weighted by Crippen LogP contribution is 2.67. The van der Waals surface area contributed by atoms with Gasteiger partial charge in [-0.15, -0.1) is 0 Å². The minimum absolute atomic E-state index is 0.0267. The average molecular weight is 246 g/mol. The van der Waals surface area contributed by atoms with Gasteiger partial charge in [0.15, 0.2) is 0 Å². The van der Waals surface area contributed by atoms with Crippen molar-refractivity contribution in [2.75, 3.05) is 0 Å². The van der Waals surface area contributed by atoms with Crippen LogP contribution in [-0.4, -0.2) is 23.3 Å². The molecule has 4 aliphatic rings. The first kappa shape index (κ1) is 10.8. The maximum absolute atomic E-state index is 11.8. The van der Waals surface area contributed by atoms with Crippen molar-refractivity contribution in [1.29, 1.82) is 0 Å². The molecular weight excluding hydrogens is 228 g/mol. The normalized spacial score (nSPS) is 49.4. The summed E-state index contributed by atoms with van der Waals surface area (Å²) in [5, 5.41) is 0. The molecule has 0 aromatic rings. The lowest BCUT2D eigenvalue weighted by atomic mass is 9.81. The van der Waals surface area contributed by atoms with E-state index in [-0.39, 0.29) is 29.2 Å². The van der Waals surface area contributed by atoms with Crippen molar-refractivity contribution in [3.05, 3.63) is 23.3 Å². The van der Waals surface area contributed by atoms with Gasteiger partial charge in [0.2, 0.25) is 0 Å². The van der Waals surface area contributed by atoms with Crippen LogP contribution in [0, 0.1) is 5.92 Å². The Kier molecular flexibility index (Phi) is 1.74. The molecule has 0 N–H and O–H groups in total. The molecule has 0 bridgehead atoms. The minimum Gasteiger partial charge on any atom is -0.454 e. The van der Waals surface area contributed by atoms with Crippen molar-refractivity contribution in [3.63, 3.8) is 0 Å². The summed E-state index contributed by atoms with van der Waals surface area (Å²) < 4.78 is 11.8. The van der Waals surface area contributed by atoms with Crippen LogP contribution in [0.4, 0.5) is 0 Å². The van der Waals surface area contributed by atoms with E-state index in [0.717, 1.165) is 31.3 Å². The zero-order chi connectivity index (χ0) is 12.7. The number of carbonyl (C=O) groups excluding carboxylic acids is 1. The van der Waals surface area contributed by atoms with Gasteiger partial charge >= 0.3 is 5.97 Å². The van der Waals surface area contributed by atoms with Crippen LogP contribution in [0.5, 0.6) is 0 Å². The largest absolute Gasteiger partial charge is 0.454 e. The molecule has 1 spiro atoms. The molecule has 18 heavy (non-hydrogen) atoms. The lowest BCUT2D eigenvalue weighted by Crippen LogP contribution is -2.35. The van der Waals surface area contributed by atoms with Gasteiger partial charge < -0.3 is 9.47 Å². The van der Waals surface area contributed by atoms with E-state index in [0.29, 0.717) is 0 Å². The van der Waals surface area contributed by atoms with E-state index in [9.17, 15) is 4.79 Å². The van der Waals surface area contributed by atoms with Gasteiger partial charge in [0.25, 0.3) is 0 Å². The number of hydrogen-bond acceptors (Lipinski definition) is 3. The molecule has 2 saturated carbocycles. The van der Waals surface area contributed by atoms with Gasteiger partial charge in [0.05, 0.1) is 11.5 Å². The molecule has 0 amide bonds. The number of rotatable bonds is 0. The first-order chi connectivity index (χ1) is 8.48. The van der Waals surface area contributed by atoms with Crippen molar-refractivity contribution >= 4 is 5.97 Å². The molecule has 2 aliphatic heterocycles. The number of carbonyl (C=O) groups is 1. The van der Waals surface area contributed by atoms with Crippen LogP contribution in [-0.2, 0) is 14.3 Å². The average Bonchev–Trinajstić information content (AvgIpc) is 2.65. The van der Waals surface area contributed by atoms with Gasteiger partial charge in [0.1, 0.15) is 11.7 Å². The third-order valence-electron chi connectivity index (χ3n) is 5.56. The second-order valence-corrected chi connectivity index (χ2v) is 6.33. The highest BCUT2D eigenvalue weighted by molar-refractivity contribution is 5.92. The maximum atomic E-state index is 11.8. The Labute approximate surface area is 107 Å². The summed E-state index contributed by atoms with van der Waals surface area (Å²) in [4.78, 5) is 11.8. The summed E-state index contributed by atoms with van der Waals surface area (Å²) in [6, 6.07) is 0. The Morgan fingerprint density at radius 3 is 2.89 bits per heavy atom. The number of ether oxygens (including phenoxy) is 2. The third-order valence-corrected chi connectivity index (χ3v) is 5.56. The first-order valence-corrected chi connectivity index (χ1v) is 6.77. The summed E-state index contributed by atoms with van der Waals surface area (Å²) in [5.41, 5.74) is 3.09. The van der Waals surface area contributed by atoms with Gasteiger partial charge in [-0.3, -0.25) is 0 Å². The van der Waals surface area contributed by atoms with Crippen molar-refractivity contribution in [3.8, 4) is 0 Å². The molecule has 2 heterocycles. The van der Waals surface area contributed by atoms with Crippen LogP contribution >= 0.6 is 0 Å². The zero-order valence-electron chi connectivity index (χ0n) is 10.9. The van der Waals surface area contributed by atoms with E-state index in [1.165, 1.54) is 11.1 Å². The van der Waals surface area contributed by atoms with Crippen LogP contribution in [0.3, 0.4) is 0 Å². The number of fused-ring (bicyclic) bond motifs is 2. The van der Waals surface area contributed by atoms with Crippen molar-refractivity contribution < 1.29 is 14.3 Å². The maximum Gasteiger partial charge on any atom is 0.334 e. The standard InChI is InChI=1S/C15H18O3/c1-8-4-7-15-11(8)12-10(9(2)13(16)17-12)5-6-14(15,3)18-15/h11-12H,1,4-7H2,2-3H3/t11-,12+,14+,15-/m1/s1. The Hall–Kier alpha value is -1.09. The Morgan fingerprint density at radius 2 is 2.11 bits per heavy atom. The Morgan fingerprint density at radius 1 is 1.33 bits per heavy atom. The fourth-order valence-corrected chi connectivity index (χ4v) is 4.38. The summed E-state index contributed by atoms with van der Waals surface area (Å²) in [7, 11) is 0. The van der Waals surface area contributed by atoms with Crippen LogP contribution in [0.15, 0.2) is 23.3 Å². The SMILES string of the molecule is C=C1CC[C@]23O[C@@]2(C)CCC2=C(C)C(=O)O[C@@H]2[C@@H]13. The summed E-state index contributed by atoms with van der Waals surface area (Å²) in [6.45, 7) is 8.30. The topological polar surface area (TPSA) is 38.8 Å². The molecule has 3 nitrogen and oxygen atoms in total. The van der Waals surface area contributed by atoms with Gasteiger partial charge in [0, 0.05) is 5.57 Å². The molecule has 0 unspecified atom stereocenters. The lowest BCUT2D eigenvalue weighted by molar-refractivity contribution is -0.141. The fourth-order valence-electron chi connectivity index (χ4n) is 4.38. The highest BCUT2D eigenvalue weighted by Gasteiger charge is 2.75. The molecule has 0 aromatic carbocycles. The van der Waals surface area contributed by atoms with Gasteiger partial charge in [-0.05, 0) is 45.1 Å². The molecule has 4 atom stereocenters. The highest BCUT2D eigenvalue weighted by atomic mass is 16.6. The van der Waals surface area contributed by atoms with Gasteiger partial charge in [-0.25, -0.2) is 4.79 Å². The minimum atomic E-state index is -0.144. The molecule has 96 valence electrons. The zero-order valence-corrected chi connectivity index (χ0v) is 10.9. The molecule has 0 radical (unpaired) electrons. The van der Waals surface area contributed by atoms with Crippen LogP contribution in [0.25, 0.3) is 0 Å². The lowest BCUT2D eigenvalue weighted by Gasteiger charge is -2.24. The molecule has 1 saturated heterocycles. The predicted octanol–water partition coefficient (Wildman–Crippen LogP) is 2.52. The van der Waals surface area contributed by atoms with Gasteiger partial charge in [-0.1, -0.05) is 12.2 Å². The number of hydrogen-bond donors (Lipinski definition) is 0. The summed E-state index contributed by atoms with van der Waals surface area (Å²) >= 11 is 0. The monoisotopic (exact) mass is 246 g/mol. The number of esters is 1. The van der Waals surface area contributed by atoms with Crippen LogP contribution in [0.2, 0.25) is 0 Å². The Balaban J connectivity index is 1.85. The van der Waals surface area contributed by atoms with E-state index < -0.39 is 0 Å². The molecule has 2 aliphatic carbocycles. The fraction of sp³-hybridized carbons (Fsp3) is 0.667. The Bertz CT molecular complexity index is 518. The van der Waals surface area contributed by atoms with E-state index >= 15 is 0 Å². The van der Waals surface area contributed by atoms with E-state index in [1.54, 1.807) is 0 Å². The predicted molar refractivity (Wildman–Crippen MR) is 65.9 cm³/mol. The summed E-state index contributed by atoms with van der Waals surface area (Å²) in [6.07, 6.45) is 3.85. The quantitative estimate of drug-likeness (QED) is 0.374. The van der Waals surface area contributed by atoms with Crippen molar-refractivity contribution in [2.24, 2.45) is 5.92 Å². The first-order valence-electron chi connectivity index (χ1n) is 6.77. The number of epoxide rings is 1. The molecule has 0 aromatic heterocycles. The second kappa shape index (κ2) is 2.90. The molecule has 3 heteroatoms. The molecule has 3 fully saturated rings. The van der Waals surface area contributed by atoms with Crippen molar-refractivity contribution in [2.45, 2.75) is 56.8 Å². The smallest absolute Gasteiger partial charge is 0.334 e. The second-order valence-electron chi connectivity index (χ2n) is 6.33. The summed E-state index contributed by atoms with van der Waals surface area (Å²) in [5.74, 6) is 0.0375. The molecular formula is C15H18O3. The van der Waals surface area contributed by atoms with Crippen LogP contribution < -0.4 is 0 Å². The molecule has 4 rings (SSSR count).